The standard InChI is InChI=1S/C15H15NO2S2/c1-18-15(17)14-13(7-8-19-14)16-20-12-6-5-10-3-2-4-11(10)9-12/h5-9,16H,2-4H2,1H3. The smallest absolute Gasteiger partial charge is 0.350 e. The number of fused-ring (bicyclic) bond motifs is 1. The van der Waals surface area contributed by atoms with Crippen molar-refractivity contribution >= 4 is 34.9 Å². The van der Waals surface area contributed by atoms with Crippen LogP contribution in [0.3, 0.4) is 0 Å². The lowest BCUT2D eigenvalue weighted by molar-refractivity contribution is 0.0607. The number of ether oxygens (including phenoxy) is 1. The summed E-state index contributed by atoms with van der Waals surface area (Å²) < 4.78 is 8.01. The van der Waals surface area contributed by atoms with E-state index in [0.29, 0.717) is 4.88 Å². The lowest BCUT2D eigenvalue weighted by atomic mass is 10.1. The Morgan fingerprint density at radius 3 is 3.00 bits per heavy atom. The van der Waals surface area contributed by atoms with Gasteiger partial charge in [-0.1, -0.05) is 6.07 Å². The number of hydrogen-bond donors (Lipinski definition) is 1. The molecule has 3 nitrogen and oxygen atoms in total. The second-order valence-corrected chi connectivity index (χ2v) is 6.44. The Labute approximate surface area is 126 Å². The van der Waals surface area contributed by atoms with Crippen LogP contribution in [-0.4, -0.2) is 13.1 Å². The molecule has 0 fully saturated rings. The summed E-state index contributed by atoms with van der Waals surface area (Å²) in [6, 6.07) is 8.48. The largest absolute Gasteiger partial charge is 0.465 e. The molecule has 5 heteroatoms. The zero-order valence-corrected chi connectivity index (χ0v) is 12.8. The first-order valence-electron chi connectivity index (χ1n) is 6.48. The van der Waals surface area contributed by atoms with Crippen LogP contribution in [0.5, 0.6) is 0 Å². The van der Waals surface area contributed by atoms with Gasteiger partial charge in [-0.05, 0) is 65.9 Å². The van der Waals surface area contributed by atoms with E-state index in [-0.39, 0.29) is 5.97 Å². The lowest BCUT2D eigenvalue weighted by Gasteiger charge is -2.07. The molecule has 0 unspecified atom stereocenters. The third-order valence-corrected chi connectivity index (χ3v) is 5.09. The van der Waals surface area contributed by atoms with Crippen molar-refractivity contribution in [3.8, 4) is 0 Å². The zero-order chi connectivity index (χ0) is 13.9. The first kappa shape index (κ1) is 13.5. The zero-order valence-electron chi connectivity index (χ0n) is 11.1. The van der Waals surface area contributed by atoms with E-state index in [4.69, 9.17) is 4.74 Å². The van der Waals surface area contributed by atoms with Gasteiger partial charge in [0.25, 0.3) is 0 Å². The maximum atomic E-state index is 11.6. The van der Waals surface area contributed by atoms with Crippen LogP contribution >= 0.6 is 23.3 Å². The highest BCUT2D eigenvalue weighted by molar-refractivity contribution is 8.00. The lowest BCUT2D eigenvalue weighted by Crippen LogP contribution is -2.01. The van der Waals surface area contributed by atoms with Crippen LogP contribution in [0.25, 0.3) is 0 Å². The Balaban J connectivity index is 1.71. The number of anilines is 1. The molecule has 0 aliphatic heterocycles. The van der Waals surface area contributed by atoms with Gasteiger partial charge in [-0.25, -0.2) is 4.79 Å². The van der Waals surface area contributed by atoms with Gasteiger partial charge in [-0.15, -0.1) is 11.3 Å². The van der Waals surface area contributed by atoms with Crippen LogP contribution in [0, 0.1) is 0 Å². The second-order valence-electron chi connectivity index (χ2n) is 4.64. The SMILES string of the molecule is COC(=O)c1sccc1NSc1ccc2c(c1)CCC2. The molecule has 0 radical (unpaired) electrons. The Hall–Kier alpha value is -1.46. The Bertz CT molecular complexity index is 637. The summed E-state index contributed by atoms with van der Waals surface area (Å²) in [4.78, 5) is 13.4. The predicted octanol–water partition coefficient (Wildman–Crippen LogP) is 4.14. The van der Waals surface area contributed by atoms with Crippen molar-refractivity contribution in [3.63, 3.8) is 0 Å². The molecule has 0 atom stereocenters. The molecule has 0 amide bonds. The number of nitrogens with one attached hydrogen (secondary N) is 1. The van der Waals surface area contributed by atoms with Crippen LogP contribution < -0.4 is 4.72 Å². The molecule has 1 aliphatic rings. The molecule has 0 bridgehead atoms. The molecule has 20 heavy (non-hydrogen) atoms. The fourth-order valence-electron chi connectivity index (χ4n) is 2.37. The van der Waals surface area contributed by atoms with Crippen LogP contribution in [0.1, 0.15) is 27.2 Å². The third-order valence-electron chi connectivity index (χ3n) is 3.38. The minimum atomic E-state index is -0.294. The second kappa shape index (κ2) is 5.89. The van der Waals surface area contributed by atoms with E-state index in [1.165, 1.54) is 65.7 Å². The van der Waals surface area contributed by atoms with Crippen molar-refractivity contribution in [2.75, 3.05) is 11.8 Å². The van der Waals surface area contributed by atoms with Crippen molar-refractivity contribution in [2.45, 2.75) is 24.2 Å². The van der Waals surface area contributed by atoms with E-state index in [1.807, 2.05) is 11.4 Å². The number of methoxy groups -OCH3 is 1. The summed E-state index contributed by atoms with van der Waals surface area (Å²) in [5, 5.41) is 1.89. The molecular weight excluding hydrogens is 290 g/mol. The molecule has 1 aliphatic carbocycles. The van der Waals surface area contributed by atoms with Crippen molar-refractivity contribution < 1.29 is 9.53 Å². The number of hydrogen-bond acceptors (Lipinski definition) is 5. The third kappa shape index (κ3) is 2.69. The van der Waals surface area contributed by atoms with E-state index < -0.39 is 0 Å². The van der Waals surface area contributed by atoms with Crippen LogP contribution in [0.4, 0.5) is 5.69 Å². The van der Waals surface area contributed by atoms with Gasteiger partial charge in [-0.3, -0.25) is 0 Å². The van der Waals surface area contributed by atoms with Gasteiger partial charge >= 0.3 is 5.97 Å². The predicted molar refractivity (Wildman–Crippen MR) is 83.6 cm³/mol. The minimum absolute atomic E-state index is 0.294. The molecule has 1 aromatic carbocycles. The maximum absolute atomic E-state index is 11.6. The van der Waals surface area contributed by atoms with Gasteiger partial charge in [0.1, 0.15) is 4.88 Å². The highest BCUT2D eigenvalue weighted by Crippen LogP contribution is 2.31. The number of carbonyl (C=O) groups is 1. The summed E-state index contributed by atoms with van der Waals surface area (Å²) in [7, 11) is 1.40. The Kier molecular flexibility index (Phi) is 3.98. The highest BCUT2D eigenvalue weighted by atomic mass is 32.2. The summed E-state index contributed by atoms with van der Waals surface area (Å²) in [5.41, 5.74) is 3.74. The van der Waals surface area contributed by atoms with Crippen molar-refractivity contribution in [1.29, 1.82) is 0 Å². The van der Waals surface area contributed by atoms with Gasteiger partial charge in [0.15, 0.2) is 0 Å². The van der Waals surface area contributed by atoms with Crippen molar-refractivity contribution in [1.82, 2.24) is 0 Å². The minimum Gasteiger partial charge on any atom is -0.465 e. The van der Waals surface area contributed by atoms with E-state index >= 15 is 0 Å². The first-order valence-corrected chi connectivity index (χ1v) is 8.18. The van der Waals surface area contributed by atoms with E-state index in [2.05, 4.69) is 22.9 Å². The number of esters is 1. The average Bonchev–Trinajstić information content (AvgIpc) is 3.12. The fraction of sp³-hybridized carbons (Fsp3) is 0.267. The summed E-state index contributed by atoms with van der Waals surface area (Å²) in [6.07, 6.45) is 3.63. The molecule has 0 saturated heterocycles. The molecular formula is C15H15NO2S2. The van der Waals surface area contributed by atoms with E-state index in [9.17, 15) is 4.79 Å². The number of benzene rings is 1. The van der Waals surface area contributed by atoms with Gasteiger partial charge in [0, 0.05) is 4.90 Å². The van der Waals surface area contributed by atoms with Crippen LogP contribution in [-0.2, 0) is 17.6 Å². The molecule has 104 valence electrons. The highest BCUT2D eigenvalue weighted by Gasteiger charge is 2.14. The molecule has 2 aromatic rings. The number of carbonyl (C=O) groups excluding carboxylic acids is 1. The van der Waals surface area contributed by atoms with Gasteiger partial charge < -0.3 is 9.46 Å². The average molecular weight is 305 g/mol. The molecule has 0 spiro atoms. The summed E-state index contributed by atoms with van der Waals surface area (Å²) in [5.74, 6) is -0.294. The maximum Gasteiger partial charge on any atom is 0.350 e. The van der Waals surface area contributed by atoms with E-state index in [1.54, 1.807) is 0 Å². The normalized spacial score (nSPS) is 13.1. The van der Waals surface area contributed by atoms with Crippen LogP contribution in [0.2, 0.25) is 0 Å². The topological polar surface area (TPSA) is 38.3 Å². The van der Waals surface area contributed by atoms with Crippen molar-refractivity contribution in [3.05, 3.63) is 45.6 Å². The molecule has 1 aromatic heterocycles. The number of rotatable bonds is 4. The molecule has 1 N–H and O–H groups in total. The summed E-state index contributed by atoms with van der Waals surface area (Å²) >= 11 is 2.92. The quantitative estimate of drug-likeness (QED) is 0.680. The van der Waals surface area contributed by atoms with Gasteiger partial charge in [0.2, 0.25) is 0 Å². The van der Waals surface area contributed by atoms with Gasteiger partial charge in [0.05, 0.1) is 12.8 Å². The molecule has 3 rings (SSSR count). The fourth-order valence-corrected chi connectivity index (χ4v) is 3.93. The van der Waals surface area contributed by atoms with E-state index in [0.717, 1.165) is 5.69 Å². The number of thiophene rings is 1. The first-order chi connectivity index (χ1) is 9.78. The summed E-state index contributed by atoms with van der Waals surface area (Å²) in [6.45, 7) is 0. The van der Waals surface area contributed by atoms with Crippen molar-refractivity contribution in [2.24, 2.45) is 0 Å². The number of aryl methyl sites for hydroxylation is 2. The monoisotopic (exact) mass is 305 g/mol. The Morgan fingerprint density at radius 1 is 1.30 bits per heavy atom. The molecule has 0 saturated carbocycles. The Morgan fingerprint density at radius 2 is 2.15 bits per heavy atom. The molecule has 1 heterocycles. The van der Waals surface area contributed by atoms with Gasteiger partial charge in [-0.2, -0.15) is 0 Å². The van der Waals surface area contributed by atoms with Crippen LogP contribution in [0.15, 0.2) is 34.5 Å².